The van der Waals surface area contributed by atoms with Crippen LogP contribution in [0.2, 0.25) is 25.1 Å². The molecule has 0 radical (unpaired) electrons. The summed E-state index contributed by atoms with van der Waals surface area (Å²) in [6, 6.07) is 6.12. The van der Waals surface area contributed by atoms with Crippen molar-refractivity contribution in [3.63, 3.8) is 0 Å². The molecule has 1 N–H and O–H groups in total. The molecule has 0 aliphatic rings. The van der Waals surface area contributed by atoms with E-state index in [0.717, 1.165) is 0 Å². The molecule has 0 heterocycles. The van der Waals surface area contributed by atoms with Crippen molar-refractivity contribution < 1.29 is 5.11 Å². The molecule has 94 valence electrons. The summed E-state index contributed by atoms with van der Waals surface area (Å²) in [5.41, 5.74) is 0.907. The lowest BCUT2D eigenvalue weighted by molar-refractivity contribution is 0.477. The van der Waals surface area contributed by atoms with Gasteiger partial charge in [0, 0.05) is 16.1 Å². The third-order valence-electron chi connectivity index (χ3n) is 2.35. The fraction of sp³-hybridized carbons (Fsp3) is 0. The van der Waals surface area contributed by atoms with Crippen molar-refractivity contribution >= 4 is 58.0 Å². The van der Waals surface area contributed by atoms with E-state index in [2.05, 4.69) is 0 Å². The molecule has 0 amide bonds. The van der Waals surface area contributed by atoms with Crippen LogP contribution in [0.4, 0.5) is 0 Å². The quantitative estimate of drug-likeness (QED) is 0.474. The summed E-state index contributed by atoms with van der Waals surface area (Å²) in [6.07, 6.45) is 0. The lowest BCUT2D eigenvalue weighted by Crippen LogP contribution is -1.85. The Balaban J connectivity index is 2.75. The summed E-state index contributed by atoms with van der Waals surface area (Å²) in [5.74, 6) is 0.0238. The Morgan fingerprint density at radius 1 is 0.722 bits per heavy atom. The van der Waals surface area contributed by atoms with Crippen molar-refractivity contribution in [2.75, 3.05) is 0 Å². The van der Waals surface area contributed by atoms with Gasteiger partial charge in [-0.1, -0.05) is 58.0 Å². The topological polar surface area (TPSA) is 20.2 Å². The molecule has 6 heteroatoms. The van der Waals surface area contributed by atoms with Crippen molar-refractivity contribution in [2.45, 2.75) is 0 Å². The van der Waals surface area contributed by atoms with Crippen LogP contribution in [0.3, 0.4) is 0 Å². The maximum absolute atomic E-state index is 9.83. The van der Waals surface area contributed by atoms with Gasteiger partial charge in [-0.25, -0.2) is 0 Å². The SMILES string of the molecule is Oc1ccc(Cl)cc1-c1cc(Cl)c(Cl)c(Cl)c1Cl. The van der Waals surface area contributed by atoms with Gasteiger partial charge in [0.05, 0.1) is 20.1 Å². The van der Waals surface area contributed by atoms with Crippen LogP contribution >= 0.6 is 58.0 Å². The number of hydrogen-bond acceptors (Lipinski definition) is 1. The third kappa shape index (κ3) is 2.52. The number of phenolic OH excluding ortho intramolecular Hbond substituents is 1. The highest BCUT2D eigenvalue weighted by Gasteiger charge is 2.16. The Bertz CT molecular complexity index is 624. The molecule has 2 aromatic carbocycles. The second-order valence-electron chi connectivity index (χ2n) is 3.51. The molecular formula is C12H5Cl5O. The maximum Gasteiger partial charge on any atom is 0.123 e. The molecule has 0 spiro atoms. The van der Waals surface area contributed by atoms with Gasteiger partial charge in [-0.05, 0) is 24.3 Å². The van der Waals surface area contributed by atoms with Gasteiger partial charge in [0.1, 0.15) is 5.75 Å². The zero-order chi connectivity index (χ0) is 13.4. The second kappa shape index (κ2) is 5.36. The van der Waals surface area contributed by atoms with Crippen molar-refractivity contribution in [3.8, 4) is 16.9 Å². The first-order valence-corrected chi connectivity index (χ1v) is 6.62. The lowest BCUT2D eigenvalue weighted by atomic mass is 10.0. The number of hydrogen-bond donors (Lipinski definition) is 1. The molecule has 18 heavy (non-hydrogen) atoms. The number of phenols is 1. The van der Waals surface area contributed by atoms with E-state index in [9.17, 15) is 5.11 Å². The molecule has 2 rings (SSSR count). The van der Waals surface area contributed by atoms with Crippen LogP contribution < -0.4 is 0 Å². The minimum atomic E-state index is 0.0238. The van der Waals surface area contributed by atoms with Gasteiger partial charge >= 0.3 is 0 Å². The smallest absolute Gasteiger partial charge is 0.123 e. The van der Waals surface area contributed by atoms with Gasteiger partial charge in [-0.2, -0.15) is 0 Å². The minimum Gasteiger partial charge on any atom is -0.507 e. The van der Waals surface area contributed by atoms with Crippen LogP contribution in [0.1, 0.15) is 0 Å². The highest BCUT2D eigenvalue weighted by Crippen LogP contribution is 2.44. The van der Waals surface area contributed by atoms with E-state index in [0.29, 0.717) is 16.1 Å². The molecule has 1 nitrogen and oxygen atoms in total. The van der Waals surface area contributed by atoms with E-state index in [1.165, 1.54) is 12.1 Å². The normalized spacial score (nSPS) is 10.7. The van der Waals surface area contributed by atoms with Gasteiger partial charge < -0.3 is 5.11 Å². The summed E-state index contributed by atoms with van der Waals surface area (Å²) in [7, 11) is 0. The van der Waals surface area contributed by atoms with Gasteiger partial charge in [-0.15, -0.1) is 0 Å². The Hall–Kier alpha value is -0.310. The molecule has 2 aromatic rings. The van der Waals surface area contributed by atoms with Gasteiger partial charge in [0.15, 0.2) is 0 Å². The first-order chi connectivity index (χ1) is 8.41. The van der Waals surface area contributed by atoms with Crippen LogP contribution in [-0.4, -0.2) is 5.11 Å². The van der Waals surface area contributed by atoms with Crippen molar-refractivity contribution in [1.82, 2.24) is 0 Å². The van der Waals surface area contributed by atoms with E-state index in [4.69, 9.17) is 58.0 Å². The summed E-state index contributed by atoms with van der Waals surface area (Å²) < 4.78 is 0. The Kier molecular flexibility index (Phi) is 4.20. The number of halogens is 5. The van der Waals surface area contributed by atoms with Crippen molar-refractivity contribution in [2.24, 2.45) is 0 Å². The van der Waals surface area contributed by atoms with Crippen LogP contribution in [0, 0.1) is 0 Å². The largest absolute Gasteiger partial charge is 0.507 e. The zero-order valence-electron chi connectivity index (χ0n) is 8.65. The maximum atomic E-state index is 9.83. The van der Waals surface area contributed by atoms with Gasteiger partial charge in [-0.3, -0.25) is 0 Å². The fourth-order valence-electron chi connectivity index (χ4n) is 1.49. The molecule has 0 aliphatic heterocycles. The molecule has 0 saturated carbocycles. The summed E-state index contributed by atoms with van der Waals surface area (Å²) in [5, 5.41) is 11.1. The average molecular weight is 342 g/mol. The molecule has 0 aliphatic carbocycles. The number of rotatable bonds is 1. The molecule has 0 fully saturated rings. The van der Waals surface area contributed by atoms with Crippen LogP contribution in [-0.2, 0) is 0 Å². The third-order valence-corrected chi connectivity index (χ3v) is 4.34. The van der Waals surface area contributed by atoms with E-state index in [-0.39, 0.29) is 25.8 Å². The first kappa shape index (κ1) is 14.1. The van der Waals surface area contributed by atoms with Crippen molar-refractivity contribution in [3.05, 3.63) is 49.4 Å². The molecule has 0 bridgehead atoms. The molecular weight excluding hydrogens is 337 g/mol. The van der Waals surface area contributed by atoms with E-state index < -0.39 is 0 Å². The van der Waals surface area contributed by atoms with E-state index in [1.807, 2.05) is 0 Å². The second-order valence-corrected chi connectivity index (χ2v) is 5.49. The predicted molar refractivity (Wildman–Crippen MR) is 78.6 cm³/mol. The highest BCUT2D eigenvalue weighted by molar-refractivity contribution is 6.52. The van der Waals surface area contributed by atoms with Crippen LogP contribution in [0.15, 0.2) is 24.3 Å². The fourth-order valence-corrected chi connectivity index (χ4v) is 2.57. The molecule has 0 unspecified atom stereocenters. The Morgan fingerprint density at radius 2 is 1.39 bits per heavy atom. The lowest BCUT2D eigenvalue weighted by Gasteiger charge is -2.11. The zero-order valence-corrected chi connectivity index (χ0v) is 12.4. The van der Waals surface area contributed by atoms with Gasteiger partial charge in [0.2, 0.25) is 0 Å². The number of benzene rings is 2. The summed E-state index contributed by atoms with van der Waals surface area (Å²) in [6.45, 7) is 0. The molecule has 0 saturated heterocycles. The monoisotopic (exact) mass is 340 g/mol. The highest BCUT2D eigenvalue weighted by atomic mass is 35.5. The van der Waals surface area contributed by atoms with Crippen LogP contribution in [0.25, 0.3) is 11.1 Å². The molecule has 0 aromatic heterocycles. The van der Waals surface area contributed by atoms with Crippen LogP contribution in [0.5, 0.6) is 5.75 Å². The van der Waals surface area contributed by atoms with E-state index >= 15 is 0 Å². The Labute approximate surface area is 129 Å². The minimum absolute atomic E-state index is 0.0238. The van der Waals surface area contributed by atoms with Gasteiger partial charge in [0.25, 0.3) is 0 Å². The predicted octanol–water partition coefficient (Wildman–Crippen LogP) is 6.33. The van der Waals surface area contributed by atoms with Crippen molar-refractivity contribution in [1.29, 1.82) is 0 Å². The number of aromatic hydroxyl groups is 1. The summed E-state index contributed by atoms with van der Waals surface area (Å²) in [4.78, 5) is 0. The van der Waals surface area contributed by atoms with E-state index in [1.54, 1.807) is 12.1 Å². The average Bonchev–Trinajstić information content (AvgIpc) is 2.34. The molecule has 0 atom stereocenters. The first-order valence-electron chi connectivity index (χ1n) is 4.73. The summed E-state index contributed by atoms with van der Waals surface area (Å²) >= 11 is 29.8. The standard InChI is InChI=1S/C12H5Cl5O/c13-5-1-2-9(18)6(3-5)7-4-8(14)11(16)12(17)10(7)15/h1-4,18H. The Morgan fingerprint density at radius 3 is 2.06 bits per heavy atom.